The number of hydrogen-bond acceptors (Lipinski definition) is 5. The minimum atomic E-state index is -0.0996. The molecule has 2 N–H and O–H groups in total. The van der Waals surface area contributed by atoms with Crippen molar-refractivity contribution in [3.05, 3.63) is 35.7 Å². The summed E-state index contributed by atoms with van der Waals surface area (Å²) in [6, 6.07) is 7.29. The molecule has 1 saturated heterocycles. The fraction of sp³-hybridized carbons (Fsp3) is 0.438. The SMILES string of the molecule is Cc1noc(-c2ccccc2C(=O)NCCC2CCNC2)n1.Cl. The van der Waals surface area contributed by atoms with Crippen LogP contribution in [0.5, 0.6) is 0 Å². The van der Waals surface area contributed by atoms with E-state index in [-0.39, 0.29) is 18.3 Å². The van der Waals surface area contributed by atoms with Crippen molar-refractivity contribution in [1.29, 1.82) is 0 Å². The summed E-state index contributed by atoms with van der Waals surface area (Å²) in [7, 11) is 0. The van der Waals surface area contributed by atoms with Gasteiger partial charge < -0.3 is 15.2 Å². The highest BCUT2D eigenvalue weighted by atomic mass is 35.5. The number of halogens is 1. The van der Waals surface area contributed by atoms with E-state index in [4.69, 9.17) is 4.52 Å². The second-order valence-corrected chi connectivity index (χ2v) is 5.60. The molecule has 23 heavy (non-hydrogen) atoms. The zero-order valence-electron chi connectivity index (χ0n) is 13.0. The number of rotatable bonds is 5. The van der Waals surface area contributed by atoms with Gasteiger partial charge in [-0.05, 0) is 50.9 Å². The molecule has 1 aliphatic rings. The molecule has 0 bridgehead atoms. The van der Waals surface area contributed by atoms with E-state index in [0.717, 1.165) is 19.5 Å². The molecule has 0 saturated carbocycles. The highest BCUT2D eigenvalue weighted by Crippen LogP contribution is 2.22. The fourth-order valence-electron chi connectivity index (χ4n) is 2.72. The summed E-state index contributed by atoms with van der Waals surface area (Å²) in [5.41, 5.74) is 1.24. The van der Waals surface area contributed by atoms with E-state index in [0.29, 0.717) is 35.3 Å². The molecule has 7 heteroatoms. The third-order valence-corrected chi connectivity index (χ3v) is 3.93. The molecule has 0 radical (unpaired) electrons. The number of carbonyl (C=O) groups is 1. The lowest BCUT2D eigenvalue weighted by molar-refractivity contribution is 0.0952. The molecular weight excluding hydrogens is 316 g/mol. The first-order valence-electron chi connectivity index (χ1n) is 7.62. The number of benzene rings is 1. The van der Waals surface area contributed by atoms with Gasteiger partial charge in [-0.3, -0.25) is 4.79 Å². The molecule has 0 spiro atoms. The van der Waals surface area contributed by atoms with Gasteiger partial charge in [-0.1, -0.05) is 17.3 Å². The smallest absolute Gasteiger partial charge is 0.258 e. The summed E-state index contributed by atoms with van der Waals surface area (Å²) >= 11 is 0. The summed E-state index contributed by atoms with van der Waals surface area (Å²) in [4.78, 5) is 16.6. The standard InChI is InChI=1S/C16H20N4O2.ClH/c1-11-19-16(22-20-11)14-5-3-2-4-13(14)15(21)18-9-7-12-6-8-17-10-12;/h2-5,12,17H,6-10H2,1H3,(H,18,21);1H. The lowest BCUT2D eigenvalue weighted by Crippen LogP contribution is -2.26. The third kappa shape index (κ3) is 4.30. The Kier molecular flexibility index (Phi) is 6.12. The molecular formula is C16H21ClN4O2. The number of hydrogen-bond donors (Lipinski definition) is 2. The lowest BCUT2D eigenvalue weighted by atomic mass is 10.0. The van der Waals surface area contributed by atoms with Crippen LogP contribution in [0.3, 0.4) is 0 Å². The van der Waals surface area contributed by atoms with Crippen molar-refractivity contribution in [2.24, 2.45) is 5.92 Å². The average molecular weight is 337 g/mol. The van der Waals surface area contributed by atoms with Crippen LogP contribution in [0.25, 0.3) is 11.5 Å². The van der Waals surface area contributed by atoms with Gasteiger partial charge in [0.15, 0.2) is 5.82 Å². The summed E-state index contributed by atoms with van der Waals surface area (Å²) in [5, 5.41) is 10.1. The predicted molar refractivity (Wildman–Crippen MR) is 89.6 cm³/mol. The Morgan fingerprint density at radius 3 is 2.96 bits per heavy atom. The highest BCUT2D eigenvalue weighted by Gasteiger charge is 2.18. The van der Waals surface area contributed by atoms with Gasteiger partial charge in [0, 0.05) is 6.54 Å². The van der Waals surface area contributed by atoms with Crippen molar-refractivity contribution in [3.63, 3.8) is 0 Å². The molecule has 0 aliphatic carbocycles. The Balaban J connectivity index is 0.00000192. The second kappa shape index (κ2) is 8.08. The molecule has 1 amide bonds. The first-order valence-corrected chi connectivity index (χ1v) is 7.62. The van der Waals surface area contributed by atoms with Crippen LogP contribution in [0.1, 0.15) is 29.0 Å². The van der Waals surface area contributed by atoms with E-state index in [2.05, 4.69) is 20.8 Å². The molecule has 2 aromatic rings. The molecule has 3 rings (SSSR count). The number of aromatic nitrogens is 2. The second-order valence-electron chi connectivity index (χ2n) is 5.60. The summed E-state index contributed by atoms with van der Waals surface area (Å²) < 4.78 is 5.18. The molecule has 1 atom stereocenters. The van der Waals surface area contributed by atoms with Crippen LogP contribution in [0, 0.1) is 12.8 Å². The number of nitrogens with one attached hydrogen (secondary N) is 2. The molecule has 1 aromatic carbocycles. The van der Waals surface area contributed by atoms with Gasteiger partial charge >= 0.3 is 0 Å². The first kappa shape index (κ1) is 17.4. The molecule has 1 fully saturated rings. The molecule has 1 unspecified atom stereocenters. The summed E-state index contributed by atoms with van der Waals surface area (Å²) in [6.07, 6.45) is 2.19. The van der Waals surface area contributed by atoms with E-state index in [1.165, 1.54) is 6.42 Å². The Labute approximate surface area is 141 Å². The average Bonchev–Trinajstić information content (AvgIpc) is 3.19. The monoisotopic (exact) mass is 336 g/mol. The van der Waals surface area contributed by atoms with Gasteiger partial charge in [0.25, 0.3) is 11.8 Å². The zero-order chi connectivity index (χ0) is 15.4. The van der Waals surface area contributed by atoms with Gasteiger partial charge in [0.1, 0.15) is 0 Å². The van der Waals surface area contributed by atoms with Crippen LogP contribution in [0.2, 0.25) is 0 Å². The highest BCUT2D eigenvalue weighted by molar-refractivity contribution is 5.99. The normalized spacial score (nSPS) is 16.8. The van der Waals surface area contributed by atoms with Crippen molar-refractivity contribution in [1.82, 2.24) is 20.8 Å². The predicted octanol–water partition coefficient (Wildman–Crippen LogP) is 2.20. The van der Waals surface area contributed by atoms with E-state index < -0.39 is 0 Å². The van der Waals surface area contributed by atoms with Crippen LogP contribution in [-0.2, 0) is 0 Å². The molecule has 2 heterocycles. The molecule has 1 aliphatic heterocycles. The largest absolute Gasteiger partial charge is 0.352 e. The summed E-state index contributed by atoms with van der Waals surface area (Å²) in [6.45, 7) is 4.57. The number of amides is 1. The third-order valence-electron chi connectivity index (χ3n) is 3.93. The Morgan fingerprint density at radius 1 is 1.43 bits per heavy atom. The van der Waals surface area contributed by atoms with E-state index in [1.54, 1.807) is 13.0 Å². The number of nitrogens with zero attached hydrogens (tertiary/aromatic N) is 2. The van der Waals surface area contributed by atoms with Crippen LogP contribution in [-0.4, -0.2) is 35.7 Å². The van der Waals surface area contributed by atoms with Crippen molar-refractivity contribution in [2.75, 3.05) is 19.6 Å². The molecule has 1 aromatic heterocycles. The number of carbonyl (C=O) groups excluding carboxylic acids is 1. The fourth-order valence-corrected chi connectivity index (χ4v) is 2.72. The Bertz CT molecular complexity index is 653. The van der Waals surface area contributed by atoms with Crippen LogP contribution in [0.15, 0.2) is 28.8 Å². The van der Waals surface area contributed by atoms with Crippen LogP contribution >= 0.6 is 12.4 Å². The maximum absolute atomic E-state index is 12.4. The van der Waals surface area contributed by atoms with Gasteiger partial charge in [-0.2, -0.15) is 4.98 Å². The first-order chi connectivity index (χ1) is 10.7. The van der Waals surface area contributed by atoms with Crippen molar-refractivity contribution < 1.29 is 9.32 Å². The van der Waals surface area contributed by atoms with Crippen molar-refractivity contribution >= 4 is 18.3 Å². The van der Waals surface area contributed by atoms with Crippen LogP contribution in [0.4, 0.5) is 0 Å². The summed E-state index contributed by atoms with van der Waals surface area (Å²) in [5.74, 6) is 1.49. The zero-order valence-corrected chi connectivity index (χ0v) is 13.9. The van der Waals surface area contributed by atoms with Gasteiger partial charge in [0.05, 0.1) is 11.1 Å². The lowest BCUT2D eigenvalue weighted by Gasteiger charge is -2.10. The van der Waals surface area contributed by atoms with Crippen molar-refractivity contribution in [2.45, 2.75) is 19.8 Å². The minimum absolute atomic E-state index is 0. The minimum Gasteiger partial charge on any atom is -0.352 e. The van der Waals surface area contributed by atoms with Gasteiger partial charge in [-0.15, -0.1) is 12.4 Å². The molecule has 124 valence electrons. The molecule has 6 nitrogen and oxygen atoms in total. The van der Waals surface area contributed by atoms with E-state index >= 15 is 0 Å². The maximum Gasteiger partial charge on any atom is 0.258 e. The van der Waals surface area contributed by atoms with Gasteiger partial charge in [0.2, 0.25) is 0 Å². The maximum atomic E-state index is 12.4. The number of aryl methyl sites for hydroxylation is 1. The quantitative estimate of drug-likeness (QED) is 0.875. The van der Waals surface area contributed by atoms with Crippen molar-refractivity contribution in [3.8, 4) is 11.5 Å². The van der Waals surface area contributed by atoms with E-state index in [9.17, 15) is 4.79 Å². The topological polar surface area (TPSA) is 80.0 Å². The van der Waals surface area contributed by atoms with E-state index in [1.807, 2.05) is 18.2 Å². The Morgan fingerprint density at radius 2 is 2.26 bits per heavy atom. The Hall–Kier alpha value is -1.92. The van der Waals surface area contributed by atoms with Crippen LogP contribution < -0.4 is 10.6 Å². The van der Waals surface area contributed by atoms with Gasteiger partial charge in [-0.25, -0.2) is 0 Å².